The van der Waals surface area contributed by atoms with Crippen molar-refractivity contribution >= 4 is 42.6 Å². The number of thiazole rings is 1. The molecule has 0 saturated heterocycles. The van der Waals surface area contributed by atoms with Gasteiger partial charge in [0, 0.05) is 19.5 Å². The van der Waals surface area contributed by atoms with Crippen LogP contribution in [0.25, 0.3) is 10.2 Å². The molecule has 1 saturated carbocycles. The van der Waals surface area contributed by atoms with Crippen LogP contribution < -0.4 is 5.32 Å². The number of fused-ring (bicyclic) bond motifs is 1. The van der Waals surface area contributed by atoms with Crippen LogP contribution in [0.2, 0.25) is 0 Å². The summed E-state index contributed by atoms with van der Waals surface area (Å²) in [6.07, 6.45) is 8.04. The molecule has 0 radical (unpaired) electrons. The van der Waals surface area contributed by atoms with Gasteiger partial charge in [0.1, 0.15) is 0 Å². The molecule has 0 atom stereocenters. The van der Waals surface area contributed by atoms with Gasteiger partial charge in [-0.05, 0) is 49.8 Å². The molecule has 1 aromatic carbocycles. The minimum absolute atomic E-state index is 0.000804. The fourth-order valence-electron chi connectivity index (χ4n) is 3.94. The highest BCUT2D eigenvalue weighted by molar-refractivity contribution is 7.89. The van der Waals surface area contributed by atoms with E-state index in [2.05, 4.69) is 10.3 Å². The summed E-state index contributed by atoms with van der Waals surface area (Å²) in [5, 5.41) is 3.45. The van der Waals surface area contributed by atoms with Gasteiger partial charge in [0.25, 0.3) is 0 Å². The monoisotopic (exact) mass is 437 g/mol. The first-order chi connectivity index (χ1) is 13.9. The molecule has 6 nitrogen and oxygen atoms in total. The van der Waals surface area contributed by atoms with Crippen LogP contribution in [0.4, 0.5) is 5.13 Å². The summed E-state index contributed by atoms with van der Waals surface area (Å²) in [5.74, 6) is 0.471. The van der Waals surface area contributed by atoms with E-state index in [1.54, 1.807) is 22.5 Å². The van der Waals surface area contributed by atoms with Gasteiger partial charge in [-0.1, -0.05) is 44.4 Å². The van der Waals surface area contributed by atoms with Crippen molar-refractivity contribution in [1.82, 2.24) is 9.29 Å². The van der Waals surface area contributed by atoms with E-state index in [0.29, 0.717) is 36.1 Å². The molecule has 1 fully saturated rings. The molecule has 2 aromatic rings. The zero-order valence-electron chi connectivity index (χ0n) is 17.3. The van der Waals surface area contributed by atoms with Crippen LogP contribution in [-0.2, 0) is 14.8 Å². The molecule has 1 aliphatic carbocycles. The maximum atomic E-state index is 13.0. The molecule has 1 heterocycles. The molecule has 3 rings (SSSR count). The van der Waals surface area contributed by atoms with Gasteiger partial charge in [0.05, 0.1) is 15.1 Å². The van der Waals surface area contributed by atoms with Crippen LogP contribution in [0.15, 0.2) is 23.1 Å². The third-order valence-electron chi connectivity index (χ3n) is 5.39. The van der Waals surface area contributed by atoms with E-state index in [4.69, 9.17) is 0 Å². The Morgan fingerprint density at radius 1 is 1.17 bits per heavy atom. The lowest BCUT2D eigenvalue weighted by Crippen LogP contribution is -2.32. The standard InChI is InChI=1S/C21H31N3O3S2/c1-3-12-24(13-4-2)29(26,27)17-10-11-18-19(15-17)28-21(22-18)23-20(25)14-16-8-6-5-7-9-16/h10-11,15-16H,3-9,12-14H2,1-2H3,(H,22,23,25). The van der Waals surface area contributed by atoms with Crippen molar-refractivity contribution in [3.8, 4) is 0 Å². The second-order valence-electron chi connectivity index (χ2n) is 7.81. The summed E-state index contributed by atoms with van der Waals surface area (Å²) in [5.41, 5.74) is 0.708. The van der Waals surface area contributed by atoms with E-state index < -0.39 is 10.0 Å². The number of hydrogen-bond donors (Lipinski definition) is 1. The summed E-state index contributed by atoms with van der Waals surface area (Å²) in [4.78, 5) is 17.1. The number of rotatable bonds is 9. The molecule has 160 valence electrons. The summed E-state index contributed by atoms with van der Waals surface area (Å²) < 4.78 is 28.3. The summed E-state index contributed by atoms with van der Waals surface area (Å²) in [7, 11) is -3.52. The number of hydrogen-bond acceptors (Lipinski definition) is 5. The number of benzene rings is 1. The molecule has 1 amide bonds. The van der Waals surface area contributed by atoms with Gasteiger partial charge in [-0.15, -0.1) is 0 Å². The van der Waals surface area contributed by atoms with Gasteiger partial charge < -0.3 is 5.32 Å². The number of nitrogens with one attached hydrogen (secondary N) is 1. The minimum Gasteiger partial charge on any atom is -0.302 e. The molecule has 29 heavy (non-hydrogen) atoms. The maximum absolute atomic E-state index is 13.0. The Kier molecular flexibility index (Phi) is 7.65. The first kappa shape index (κ1) is 22.2. The van der Waals surface area contributed by atoms with Crippen molar-refractivity contribution in [1.29, 1.82) is 0 Å². The summed E-state index contributed by atoms with van der Waals surface area (Å²) >= 11 is 1.33. The van der Waals surface area contributed by atoms with Gasteiger partial charge >= 0.3 is 0 Å². The van der Waals surface area contributed by atoms with E-state index in [-0.39, 0.29) is 10.8 Å². The van der Waals surface area contributed by atoms with Crippen LogP contribution >= 0.6 is 11.3 Å². The molecule has 8 heteroatoms. The third-order valence-corrected chi connectivity index (χ3v) is 8.22. The molecule has 1 aliphatic rings. The van der Waals surface area contributed by atoms with Crippen molar-refractivity contribution in [2.75, 3.05) is 18.4 Å². The highest BCUT2D eigenvalue weighted by Crippen LogP contribution is 2.31. The number of anilines is 1. The zero-order chi connectivity index (χ0) is 20.9. The lowest BCUT2D eigenvalue weighted by molar-refractivity contribution is -0.117. The van der Waals surface area contributed by atoms with Gasteiger partial charge in [0.2, 0.25) is 15.9 Å². The van der Waals surface area contributed by atoms with Crippen LogP contribution in [0.1, 0.15) is 65.2 Å². The summed E-state index contributed by atoms with van der Waals surface area (Å²) in [6, 6.07) is 5.02. The molecular weight excluding hydrogens is 406 g/mol. The van der Waals surface area contributed by atoms with Crippen LogP contribution in [0.3, 0.4) is 0 Å². The van der Waals surface area contributed by atoms with Crippen LogP contribution in [0, 0.1) is 5.92 Å². The average molecular weight is 438 g/mol. The highest BCUT2D eigenvalue weighted by Gasteiger charge is 2.24. The zero-order valence-corrected chi connectivity index (χ0v) is 18.9. The highest BCUT2D eigenvalue weighted by atomic mass is 32.2. The molecule has 0 spiro atoms. The lowest BCUT2D eigenvalue weighted by Gasteiger charge is -2.20. The van der Waals surface area contributed by atoms with E-state index in [1.165, 1.54) is 30.6 Å². The van der Waals surface area contributed by atoms with Gasteiger partial charge in [-0.3, -0.25) is 4.79 Å². The number of sulfonamides is 1. The molecule has 0 aliphatic heterocycles. The van der Waals surface area contributed by atoms with Crippen LogP contribution in [-0.4, -0.2) is 36.7 Å². The largest absolute Gasteiger partial charge is 0.302 e. The first-order valence-corrected chi connectivity index (χ1v) is 12.9. The Morgan fingerprint density at radius 2 is 1.86 bits per heavy atom. The van der Waals surface area contributed by atoms with Gasteiger partial charge in [0.15, 0.2) is 5.13 Å². The molecule has 1 N–H and O–H groups in total. The SMILES string of the molecule is CCCN(CCC)S(=O)(=O)c1ccc2nc(NC(=O)CC3CCCCC3)sc2c1. The molecule has 0 unspecified atom stereocenters. The second-order valence-corrected chi connectivity index (χ2v) is 10.8. The van der Waals surface area contributed by atoms with E-state index in [0.717, 1.165) is 30.4 Å². The Bertz CT molecular complexity index is 928. The molecule has 1 aromatic heterocycles. The third kappa shape index (κ3) is 5.55. The first-order valence-electron chi connectivity index (χ1n) is 10.6. The van der Waals surface area contributed by atoms with Crippen molar-refractivity contribution in [3.05, 3.63) is 18.2 Å². The van der Waals surface area contributed by atoms with Crippen molar-refractivity contribution < 1.29 is 13.2 Å². The normalized spacial score (nSPS) is 15.8. The number of carbonyl (C=O) groups excluding carboxylic acids is 1. The fourth-order valence-corrected chi connectivity index (χ4v) is 6.59. The van der Waals surface area contributed by atoms with Crippen molar-refractivity contribution in [2.24, 2.45) is 5.92 Å². The Hall–Kier alpha value is -1.51. The molecule has 0 bridgehead atoms. The fraction of sp³-hybridized carbons (Fsp3) is 0.619. The quantitative estimate of drug-likeness (QED) is 0.598. The number of aromatic nitrogens is 1. The van der Waals surface area contributed by atoms with Gasteiger partial charge in [-0.2, -0.15) is 4.31 Å². The van der Waals surface area contributed by atoms with E-state index >= 15 is 0 Å². The number of nitrogens with zero attached hydrogens (tertiary/aromatic N) is 2. The van der Waals surface area contributed by atoms with Crippen LogP contribution in [0.5, 0.6) is 0 Å². The van der Waals surface area contributed by atoms with E-state index in [1.807, 2.05) is 13.8 Å². The predicted octanol–water partition coefficient (Wildman–Crippen LogP) is 5.02. The maximum Gasteiger partial charge on any atom is 0.243 e. The average Bonchev–Trinajstić information content (AvgIpc) is 3.09. The Labute approximate surface area is 177 Å². The molecular formula is C21H31N3O3S2. The topological polar surface area (TPSA) is 79.4 Å². The predicted molar refractivity (Wildman–Crippen MR) is 119 cm³/mol. The smallest absolute Gasteiger partial charge is 0.243 e. The second kappa shape index (κ2) is 10.00. The number of amides is 1. The minimum atomic E-state index is -3.52. The lowest BCUT2D eigenvalue weighted by atomic mass is 9.87. The van der Waals surface area contributed by atoms with E-state index in [9.17, 15) is 13.2 Å². The number of carbonyl (C=O) groups is 1. The Morgan fingerprint density at radius 3 is 2.52 bits per heavy atom. The van der Waals surface area contributed by atoms with Crippen molar-refractivity contribution in [3.63, 3.8) is 0 Å². The Balaban J connectivity index is 1.74. The summed E-state index contributed by atoms with van der Waals surface area (Å²) in [6.45, 7) is 4.98. The van der Waals surface area contributed by atoms with Gasteiger partial charge in [-0.25, -0.2) is 13.4 Å². The van der Waals surface area contributed by atoms with Crippen molar-refractivity contribution in [2.45, 2.75) is 70.1 Å².